The molecule has 0 bridgehead atoms. The molecule has 1 atom stereocenters. The van der Waals surface area contributed by atoms with Crippen LogP contribution in [0.25, 0.3) is 0 Å². The number of rotatable bonds is 1. The number of nitrogens with two attached hydrogens (primary N) is 1. The van der Waals surface area contributed by atoms with Gasteiger partial charge >= 0.3 is 0 Å². The van der Waals surface area contributed by atoms with Gasteiger partial charge in [-0.3, -0.25) is 0 Å². The summed E-state index contributed by atoms with van der Waals surface area (Å²) < 4.78 is 0. The zero-order valence-corrected chi connectivity index (χ0v) is 5.90. The van der Waals surface area contributed by atoms with Crippen LogP contribution in [0.2, 0.25) is 0 Å². The lowest BCUT2D eigenvalue weighted by molar-refractivity contribution is -0.110. The Morgan fingerprint density at radius 1 is 1.67 bits per heavy atom. The fraction of sp³-hybridized carbons (Fsp3) is 1.00. The van der Waals surface area contributed by atoms with E-state index in [0.717, 1.165) is 23.9 Å². The fourth-order valence-corrected chi connectivity index (χ4v) is 2.08. The highest BCUT2D eigenvalue weighted by atomic mass is 32.2. The number of hydrogen-bond acceptors (Lipinski definition) is 4. The van der Waals surface area contributed by atoms with Crippen LogP contribution in [0, 0.1) is 5.92 Å². The minimum atomic E-state index is -1.55. The van der Waals surface area contributed by atoms with Crippen molar-refractivity contribution in [3.05, 3.63) is 0 Å². The average molecular weight is 149 g/mol. The molecule has 0 saturated carbocycles. The van der Waals surface area contributed by atoms with E-state index in [9.17, 15) is 0 Å². The van der Waals surface area contributed by atoms with Gasteiger partial charge in [-0.05, 0) is 12.2 Å². The molecule has 9 heavy (non-hydrogen) atoms. The predicted octanol–water partition coefficient (Wildman–Crippen LogP) is -0.663. The van der Waals surface area contributed by atoms with E-state index < -0.39 is 5.12 Å². The Hall–Kier alpha value is 0.230. The maximum atomic E-state index is 9.09. The third-order valence-corrected chi connectivity index (χ3v) is 2.80. The van der Waals surface area contributed by atoms with Crippen LogP contribution in [0.1, 0.15) is 6.42 Å². The summed E-state index contributed by atoms with van der Waals surface area (Å²) in [7, 11) is 0. The van der Waals surface area contributed by atoms with Gasteiger partial charge in [0.05, 0.1) is 0 Å². The molecular weight excluding hydrogens is 138 g/mol. The lowest BCUT2D eigenvalue weighted by Crippen LogP contribution is -2.34. The van der Waals surface area contributed by atoms with Crippen LogP contribution in [-0.4, -0.2) is 27.6 Å². The van der Waals surface area contributed by atoms with Crippen molar-refractivity contribution in [2.75, 3.05) is 12.3 Å². The molecule has 54 valence electrons. The van der Waals surface area contributed by atoms with E-state index in [2.05, 4.69) is 0 Å². The molecular formula is C5H11NO2S. The van der Waals surface area contributed by atoms with Gasteiger partial charge in [0.15, 0.2) is 0 Å². The maximum Gasteiger partial charge on any atom is 0.217 e. The van der Waals surface area contributed by atoms with Crippen molar-refractivity contribution >= 4 is 11.8 Å². The first-order valence-corrected chi connectivity index (χ1v) is 3.94. The summed E-state index contributed by atoms with van der Waals surface area (Å²) in [5, 5.41) is 16.6. The lowest BCUT2D eigenvalue weighted by atomic mass is 10.1. The van der Waals surface area contributed by atoms with Crippen molar-refractivity contribution in [1.29, 1.82) is 0 Å². The molecule has 1 heterocycles. The fourth-order valence-electron chi connectivity index (χ4n) is 0.929. The molecule has 1 rings (SSSR count). The summed E-state index contributed by atoms with van der Waals surface area (Å²) >= 11 is 1.16. The number of thioether (sulfide) groups is 1. The van der Waals surface area contributed by atoms with Gasteiger partial charge in [0, 0.05) is 12.5 Å². The third kappa shape index (κ3) is 1.38. The lowest BCUT2D eigenvalue weighted by Gasteiger charge is -2.20. The highest BCUT2D eigenvalue weighted by Crippen LogP contribution is 2.37. The summed E-state index contributed by atoms with van der Waals surface area (Å²) in [6.45, 7) is 0.361. The summed E-state index contributed by atoms with van der Waals surface area (Å²) in [5.41, 5.74) is 5.28. The van der Waals surface area contributed by atoms with E-state index in [4.69, 9.17) is 15.9 Å². The van der Waals surface area contributed by atoms with Gasteiger partial charge in [0.1, 0.15) is 0 Å². The van der Waals surface area contributed by atoms with Crippen molar-refractivity contribution < 1.29 is 10.2 Å². The van der Waals surface area contributed by atoms with Crippen molar-refractivity contribution in [3.8, 4) is 0 Å². The molecule has 0 aromatic rings. The maximum absolute atomic E-state index is 9.09. The monoisotopic (exact) mass is 149 g/mol. The Balaban J connectivity index is 2.52. The second kappa shape index (κ2) is 2.46. The smallest absolute Gasteiger partial charge is 0.217 e. The van der Waals surface area contributed by atoms with E-state index >= 15 is 0 Å². The van der Waals surface area contributed by atoms with Gasteiger partial charge < -0.3 is 15.9 Å². The van der Waals surface area contributed by atoms with Crippen LogP contribution in [-0.2, 0) is 0 Å². The first kappa shape index (κ1) is 7.34. The van der Waals surface area contributed by atoms with E-state index in [0.29, 0.717) is 6.54 Å². The van der Waals surface area contributed by atoms with Crippen LogP contribution in [0.5, 0.6) is 0 Å². The molecule has 4 N–H and O–H groups in total. The third-order valence-electron chi connectivity index (χ3n) is 1.60. The number of aliphatic hydroxyl groups is 2. The Morgan fingerprint density at radius 3 is 2.56 bits per heavy atom. The summed E-state index contributed by atoms with van der Waals surface area (Å²) in [6.07, 6.45) is 0.814. The molecule has 0 amide bonds. The molecule has 1 unspecified atom stereocenters. The zero-order valence-electron chi connectivity index (χ0n) is 5.08. The van der Waals surface area contributed by atoms with Crippen molar-refractivity contribution in [2.24, 2.45) is 11.7 Å². The van der Waals surface area contributed by atoms with E-state index in [1.807, 2.05) is 0 Å². The molecule has 1 saturated heterocycles. The molecule has 0 aliphatic carbocycles. The van der Waals surface area contributed by atoms with Crippen LogP contribution in [0.4, 0.5) is 0 Å². The average Bonchev–Trinajstić information content (AvgIpc) is 2.08. The SMILES string of the molecule is NCC1CCSC1(O)O. The Labute approximate surface area is 58.2 Å². The topological polar surface area (TPSA) is 66.5 Å². The van der Waals surface area contributed by atoms with Gasteiger partial charge in [0.2, 0.25) is 5.12 Å². The van der Waals surface area contributed by atoms with Crippen LogP contribution in [0.15, 0.2) is 0 Å². The molecule has 3 nitrogen and oxygen atoms in total. The molecule has 4 heteroatoms. The summed E-state index contributed by atoms with van der Waals surface area (Å²) in [4.78, 5) is 0. The van der Waals surface area contributed by atoms with Crippen molar-refractivity contribution in [3.63, 3.8) is 0 Å². The van der Waals surface area contributed by atoms with Gasteiger partial charge in [0.25, 0.3) is 0 Å². The summed E-state index contributed by atoms with van der Waals surface area (Å²) in [5.74, 6) is 0.664. The predicted molar refractivity (Wildman–Crippen MR) is 36.8 cm³/mol. The van der Waals surface area contributed by atoms with E-state index in [-0.39, 0.29) is 5.92 Å². The van der Waals surface area contributed by atoms with E-state index in [1.54, 1.807) is 0 Å². The van der Waals surface area contributed by atoms with Crippen LogP contribution in [0.3, 0.4) is 0 Å². The minimum Gasteiger partial charge on any atom is -0.357 e. The van der Waals surface area contributed by atoms with Gasteiger partial charge in [-0.1, -0.05) is 11.8 Å². The normalized spacial score (nSPS) is 33.0. The van der Waals surface area contributed by atoms with Gasteiger partial charge in [-0.2, -0.15) is 0 Å². The van der Waals surface area contributed by atoms with Gasteiger partial charge in [-0.25, -0.2) is 0 Å². The molecule has 1 fully saturated rings. The molecule has 0 radical (unpaired) electrons. The van der Waals surface area contributed by atoms with Crippen molar-refractivity contribution in [1.82, 2.24) is 0 Å². The molecule has 0 spiro atoms. The standard InChI is InChI=1S/C5H11NO2S/c6-3-4-1-2-9-5(4,7)8/h4,7-8H,1-3,6H2. The van der Waals surface area contributed by atoms with Gasteiger partial charge in [-0.15, -0.1) is 0 Å². The highest BCUT2D eigenvalue weighted by molar-refractivity contribution is 8.00. The minimum absolute atomic E-state index is 0.137. The molecule has 1 aliphatic heterocycles. The highest BCUT2D eigenvalue weighted by Gasteiger charge is 2.38. The zero-order chi connectivity index (χ0) is 6.91. The van der Waals surface area contributed by atoms with Crippen molar-refractivity contribution in [2.45, 2.75) is 11.5 Å². The first-order valence-electron chi connectivity index (χ1n) is 2.95. The van der Waals surface area contributed by atoms with Crippen LogP contribution >= 0.6 is 11.8 Å². The molecule has 0 aromatic carbocycles. The molecule has 0 aromatic heterocycles. The Bertz CT molecular complexity index is 107. The number of hydrogen-bond donors (Lipinski definition) is 3. The molecule has 1 aliphatic rings. The second-order valence-electron chi connectivity index (χ2n) is 2.23. The Morgan fingerprint density at radius 2 is 2.33 bits per heavy atom. The second-order valence-corrected chi connectivity index (χ2v) is 3.53. The quantitative estimate of drug-likeness (QED) is 0.433. The largest absolute Gasteiger partial charge is 0.357 e. The summed E-state index contributed by atoms with van der Waals surface area (Å²) in [6, 6.07) is 0. The first-order chi connectivity index (χ1) is 4.17. The Kier molecular flexibility index (Phi) is 2.00. The van der Waals surface area contributed by atoms with E-state index in [1.165, 1.54) is 0 Å². The van der Waals surface area contributed by atoms with Crippen LogP contribution < -0.4 is 5.73 Å².